The zero-order valence-corrected chi connectivity index (χ0v) is 12.4. The topological polar surface area (TPSA) is 12.0 Å². The van der Waals surface area contributed by atoms with Crippen LogP contribution < -0.4 is 5.32 Å². The Labute approximate surface area is 122 Å². The molecule has 1 heterocycles. The first-order valence-electron chi connectivity index (χ1n) is 6.89. The summed E-state index contributed by atoms with van der Waals surface area (Å²) in [6.45, 7) is 2.81. The minimum Gasteiger partial charge on any atom is -0.314 e. The fourth-order valence-corrected chi connectivity index (χ4v) is 3.03. The van der Waals surface area contributed by atoms with Crippen molar-refractivity contribution in [3.05, 3.63) is 57.8 Å². The van der Waals surface area contributed by atoms with Crippen molar-refractivity contribution in [2.45, 2.75) is 32.2 Å². The van der Waals surface area contributed by atoms with Crippen LogP contribution in [0.3, 0.4) is 0 Å². The summed E-state index contributed by atoms with van der Waals surface area (Å²) in [7, 11) is 0. The first-order chi connectivity index (χ1) is 9.70. The third kappa shape index (κ3) is 4.12. The third-order valence-corrected chi connectivity index (χ3v) is 4.26. The van der Waals surface area contributed by atoms with Crippen LogP contribution in [0.5, 0.6) is 0 Å². The Morgan fingerprint density at radius 3 is 2.50 bits per heavy atom. The van der Waals surface area contributed by atoms with E-state index in [1.807, 2.05) is 18.4 Å². The molecule has 0 saturated carbocycles. The molecule has 0 aliphatic rings. The van der Waals surface area contributed by atoms with Gasteiger partial charge in [-0.3, -0.25) is 0 Å². The van der Waals surface area contributed by atoms with E-state index in [0.29, 0.717) is 6.42 Å². The van der Waals surface area contributed by atoms with Crippen molar-refractivity contribution in [1.82, 2.24) is 5.32 Å². The second-order valence-electron chi connectivity index (χ2n) is 4.78. The molecule has 1 N–H and O–H groups in total. The Hall–Kier alpha value is -1.26. The SMILES string of the molecule is CCNC(CCc1cccs1)Cc1c(F)cccc1F. The Kier molecular flexibility index (Phi) is 5.68. The van der Waals surface area contributed by atoms with E-state index in [1.54, 1.807) is 11.3 Å². The van der Waals surface area contributed by atoms with Crippen molar-refractivity contribution in [2.24, 2.45) is 0 Å². The number of hydrogen-bond acceptors (Lipinski definition) is 2. The van der Waals surface area contributed by atoms with Crippen LogP contribution in [0.1, 0.15) is 23.8 Å². The second kappa shape index (κ2) is 7.50. The molecule has 1 aromatic carbocycles. The van der Waals surface area contributed by atoms with Gasteiger partial charge in [0.05, 0.1) is 0 Å². The Morgan fingerprint density at radius 2 is 1.90 bits per heavy atom. The Balaban J connectivity index is 2.01. The molecule has 0 saturated heterocycles. The zero-order valence-electron chi connectivity index (χ0n) is 11.5. The molecule has 4 heteroatoms. The molecule has 1 unspecified atom stereocenters. The summed E-state index contributed by atoms with van der Waals surface area (Å²) in [5.41, 5.74) is 0.185. The normalized spacial score (nSPS) is 12.6. The van der Waals surface area contributed by atoms with Crippen LogP contribution in [0.25, 0.3) is 0 Å². The molecule has 0 spiro atoms. The van der Waals surface area contributed by atoms with Gasteiger partial charge in [-0.15, -0.1) is 11.3 Å². The summed E-state index contributed by atoms with van der Waals surface area (Å²) >= 11 is 1.72. The standard InChI is InChI=1S/C16H19F2NS/c1-2-19-12(8-9-13-5-4-10-20-13)11-14-15(17)6-3-7-16(14)18/h3-7,10,12,19H,2,8-9,11H2,1H3. The lowest BCUT2D eigenvalue weighted by molar-refractivity contribution is 0.465. The van der Waals surface area contributed by atoms with Gasteiger partial charge in [0.2, 0.25) is 0 Å². The van der Waals surface area contributed by atoms with Gasteiger partial charge in [-0.05, 0) is 49.4 Å². The van der Waals surface area contributed by atoms with Gasteiger partial charge < -0.3 is 5.32 Å². The van der Waals surface area contributed by atoms with E-state index in [0.717, 1.165) is 19.4 Å². The summed E-state index contributed by atoms with van der Waals surface area (Å²) < 4.78 is 27.4. The van der Waals surface area contributed by atoms with Crippen molar-refractivity contribution < 1.29 is 8.78 Å². The predicted octanol–water partition coefficient (Wildman–Crippen LogP) is 4.18. The molecule has 2 aromatic rings. The average Bonchev–Trinajstić information content (AvgIpc) is 2.93. The lowest BCUT2D eigenvalue weighted by atomic mass is 10.0. The average molecular weight is 295 g/mol. The molecule has 0 aliphatic heterocycles. The van der Waals surface area contributed by atoms with Crippen LogP contribution in [-0.2, 0) is 12.8 Å². The second-order valence-corrected chi connectivity index (χ2v) is 5.81. The molecular formula is C16H19F2NS. The maximum atomic E-state index is 13.7. The maximum Gasteiger partial charge on any atom is 0.129 e. The van der Waals surface area contributed by atoms with Gasteiger partial charge in [0.1, 0.15) is 11.6 Å². The number of halogens is 2. The fourth-order valence-electron chi connectivity index (χ4n) is 2.31. The van der Waals surface area contributed by atoms with Gasteiger partial charge in [-0.25, -0.2) is 8.78 Å². The van der Waals surface area contributed by atoms with Gasteiger partial charge in [0.25, 0.3) is 0 Å². The van der Waals surface area contributed by atoms with Crippen molar-refractivity contribution in [1.29, 1.82) is 0 Å². The molecule has 1 aromatic heterocycles. The van der Waals surface area contributed by atoms with Crippen molar-refractivity contribution in [3.8, 4) is 0 Å². The highest BCUT2D eigenvalue weighted by Crippen LogP contribution is 2.18. The van der Waals surface area contributed by atoms with Crippen molar-refractivity contribution in [2.75, 3.05) is 6.54 Å². The molecule has 0 radical (unpaired) electrons. The molecule has 0 aliphatic carbocycles. The number of aryl methyl sites for hydroxylation is 1. The number of benzene rings is 1. The van der Waals surface area contributed by atoms with E-state index in [4.69, 9.17) is 0 Å². The van der Waals surface area contributed by atoms with Gasteiger partial charge in [-0.2, -0.15) is 0 Å². The largest absolute Gasteiger partial charge is 0.314 e. The van der Waals surface area contributed by atoms with E-state index in [2.05, 4.69) is 11.4 Å². The molecule has 108 valence electrons. The van der Waals surface area contributed by atoms with E-state index >= 15 is 0 Å². The monoisotopic (exact) mass is 295 g/mol. The quantitative estimate of drug-likeness (QED) is 0.808. The Bertz CT molecular complexity index is 505. The first kappa shape index (κ1) is 15.1. The minimum atomic E-state index is -0.455. The molecule has 1 atom stereocenters. The van der Waals surface area contributed by atoms with Crippen molar-refractivity contribution in [3.63, 3.8) is 0 Å². The van der Waals surface area contributed by atoms with E-state index in [9.17, 15) is 8.78 Å². The van der Waals surface area contributed by atoms with Crippen LogP contribution in [0.4, 0.5) is 8.78 Å². The highest BCUT2D eigenvalue weighted by molar-refractivity contribution is 7.09. The lowest BCUT2D eigenvalue weighted by Crippen LogP contribution is -2.32. The number of thiophene rings is 1. The van der Waals surface area contributed by atoms with Crippen LogP contribution in [0.15, 0.2) is 35.7 Å². The highest BCUT2D eigenvalue weighted by Gasteiger charge is 2.15. The molecular weight excluding hydrogens is 276 g/mol. The van der Waals surface area contributed by atoms with E-state index in [-0.39, 0.29) is 11.6 Å². The smallest absolute Gasteiger partial charge is 0.129 e. The van der Waals surface area contributed by atoms with Crippen LogP contribution in [0.2, 0.25) is 0 Å². The minimum absolute atomic E-state index is 0.0912. The van der Waals surface area contributed by atoms with Crippen LogP contribution in [0, 0.1) is 11.6 Å². The van der Waals surface area contributed by atoms with E-state index in [1.165, 1.54) is 23.1 Å². The summed E-state index contributed by atoms with van der Waals surface area (Å²) in [6.07, 6.45) is 2.20. The summed E-state index contributed by atoms with van der Waals surface area (Å²) in [5.74, 6) is -0.909. The molecule has 0 amide bonds. The lowest BCUT2D eigenvalue weighted by Gasteiger charge is -2.18. The molecule has 1 nitrogen and oxygen atoms in total. The van der Waals surface area contributed by atoms with E-state index < -0.39 is 11.6 Å². The molecule has 2 rings (SSSR count). The number of nitrogens with one attached hydrogen (secondary N) is 1. The summed E-state index contributed by atoms with van der Waals surface area (Å²) in [4.78, 5) is 1.31. The van der Waals surface area contributed by atoms with Crippen LogP contribution in [-0.4, -0.2) is 12.6 Å². The molecule has 20 heavy (non-hydrogen) atoms. The number of likely N-dealkylation sites (N-methyl/N-ethyl adjacent to an activating group) is 1. The maximum absolute atomic E-state index is 13.7. The van der Waals surface area contributed by atoms with Gasteiger partial charge in [-0.1, -0.05) is 19.1 Å². The van der Waals surface area contributed by atoms with Crippen molar-refractivity contribution >= 4 is 11.3 Å². The van der Waals surface area contributed by atoms with Gasteiger partial charge in [0.15, 0.2) is 0 Å². The molecule has 0 fully saturated rings. The van der Waals surface area contributed by atoms with Crippen LogP contribution >= 0.6 is 11.3 Å². The third-order valence-electron chi connectivity index (χ3n) is 3.32. The zero-order chi connectivity index (χ0) is 14.4. The first-order valence-corrected chi connectivity index (χ1v) is 7.77. The fraction of sp³-hybridized carbons (Fsp3) is 0.375. The summed E-state index contributed by atoms with van der Waals surface area (Å²) in [6, 6.07) is 8.26. The molecule has 0 bridgehead atoms. The van der Waals surface area contributed by atoms with Gasteiger partial charge >= 0.3 is 0 Å². The number of hydrogen-bond donors (Lipinski definition) is 1. The van der Waals surface area contributed by atoms with Gasteiger partial charge in [0, 0.05) is 16.5 Å². The Morgan fingerprint density at radius 1 is 1.15 bits per heavy atom. The number of rotatable bonds is 7. The highest BCUT2D eigenvalue weighted by atomic mass is 32.1. The summed E-state index contributed by atoms with van der Waals surface area (Å²) in [5, 5.41) is 5.37. The predicted molar refractivity (Wildman–Crippen MR) is 80.2 cm³/mol.